The number of nitrogens with zero attached hydrogens (tertiary/aromatic N) is 2. The van der Waals surface area contributed by atoms with Crippen LogP contribution in [0.25, 0.3) is 0 Å². The molecule has 2 N–H and O–H groups in total. The Morgan fingerprint density at radius 1 is 0.755 bits per heavy atom. The summed E-state index contributed by atoms with van der Waals surface area (Å²) in [6, 6.07) is 22.7. The predicted molar refractivity (Wildman–Crippen MR) is 192 cm³/mol. The van der Waals surface area contributed by atoms with Gasteiger partial charge in [-0.1, -0.05) is 66.7 Å². The number of alkyl halides is 6. The van der Waals surface area contributed by atoms with E-state index in [2.05, 4.69) is 43.1 Å². The highest BCUT2D eigenvalue weighted by Crippen LogP contribution is 2.30. The Labute approximate surface area is 313 Å². The zero-order valence-electron chi connectivity index (χ0n) is 29.1. The minimum absolute atomic E-state index is 0.0563. The van der Waals surface area contributed by atoms with Gasteiger partial charge in [0.05, 0.1) is 11.1 Å². The van der Waals surface area contributed by atoms with Crippen LogP contribution in [0.15, 0.2) is 115 Å². The molecule has 2 aromatic heterocycles. The first kappa shape index (κ1) is 44.2. The second-order valence-electron chi connectivity index (χ2n) is 11.5. The van der Waals surface area contributed by atoms with Gasteiger partial charge in [0.2, 0.25) is 0 Å². The van der Waals surface area contributed by atoms with Gasteiger partial charge in [-0.05, 0) is 90.9 Å². The maximum Gasteiger partial charge on any atom is 0.416 e. The van der Waals surface area contributed by atoms with Gasteiger partial charge in [0.15, 0.2) is 0 Å². The minimum Gasteiger partial charge on any atom is -0.445 e. The fourth-order valence-corrected chi connectivity index (χ4v) is 4.64. The number of hydrogen-bond acceptors (Lipinski definition) is 6. The maximum absolute atomic E-state index is 12.7. The molecule has 0 aliphatic carbocycles. The van der Waals surface area contributed by atoms with Crippen molar-refractivity contribution in [3.8, 4) is 0 Å². The van der Waals surface area contributed by atoms with Crippen LogP contribution in [0.1, 0.15) is 61.1 Å². The molecule has 0 bridgehead atoms. The molecule has 2 atom stereocenters. The number of pyridine rings is 2. The van der Waals surface area contributed by atoms with Crippen molar-refractivity contribution in [2.24, 2.45) is 0 Å². The molecule has 0 radical (unpaired) electrons. The van der Waals surface area contributed by atoms with Gasteiger partial charge in [0, 0.05) is 30.2 Å². The number of carbonyl (C=O) groups excluding carboxylic acids is 2. The van der Waals surface area contributed by atoms with E-state index >= 15 is 0 Å². The Hall–Kier alpha value is -4.92. The van der Waals surface area contributed by atoms with Crippen molar-refractivity contribution >= 4 is 28.1 Å². The van der Waals surface area contributed by atoms with E-state index in [1.165, 1.54) is 6.20 Å². The predicted octanol–water partition coefficient (Wildman–Crippen LogP) is 10.5. The van der Waals surface area contributed by atoms with Crippen LogP contribution >= 0.6 is 15.9 Å². The molecule has 0 saturated carbocycles. The number of benzene rings is 2. The smallest absolute Gasteiger partial charge is 0.416 e. The van der Waals surface area contributed by atoms with Crippen LogP contribution in [0.3, 0.4) is 0 Å². The molecule has 0 spiro atoms. The summed E-state index contributed by atoms with van der Waals surface area (Å²) in [4.78, 5) is 30.6. The third-order valence-corrected chi connectivity index (χ3v) is 7.38. The van der Waals surface area contributed by atoms with Gasteiger partial charge in [-0.2, -0.15) is 26.3 Å². The van der Waals surface area contributed by atoms with Crippen molar-refractivity contribution in [2.75, 3.05) is 0 Å². The Morgan fingerprint density at radius 2 is 1.23 bits per heavy atom. The van der Waals surface area contributed by atoms with Crippen LogP contribution in [-0.4, -0.2) is 34.2 Å². The average molecular weight is 812 g/mol. The van der Waals surface area contributed by atoms with E-state index in [1.807, 2.05) is 74.5 Å². The largest absolute Gasteiger partial charge is 0.445 e. The van der Waals surface area contributed by atoms with Crippen molar-refractivity contribution in [1.29, 1.82) is 0 Å². The van der Waals surface area contributed by atoms with E-state index in [9.17, 15) is 35.9 Å². The van der Waals surface area contributed by atoms with Gasteiger partial charge in [-0.15, -0.1) is 6.58 Å². The normalized spacial score (nSPS) is 12.0. The first-order valence-electron chi connectivity index (χ1n) is 16.3. The van der Waals surface area contributed by atoms with E-state index < -0.39 is 35.7 Å². The lowest BCUT2D eigenvalue weighted by Crippen LogP contribution is -2.33. The highest BCUT2D eigenvalue weighted by molar-refractivity contribution is 9.10. The van der Waals surface area contributed by atoms with Crippen LogP contribution < -0.4 is 10.6 Å². The number of carbonyl (C=O) groups is 2. The lowest BCUT2D eigenvalue weighted by atomic mass is 10.1. The fraction of sp³-hybridized carbons (Fsp3) is 0.316. The van der Waals surface area contributed by atoms with Crippen LogP contribution in [0.4, 0.5) is 35.9 Å². The van der Waals surface area contributed by atoms with Gasteiger partial charge in [0.1, 0.15) is 17.8 Å². The van der Waals surface area contributed by atoms with Gasteiger partial charge in [-0.3, -0.25) is 4.98 Å². The van der Waals surface area contributed by atoms with Crippen molar-refractivity contribution in [3.63, 3.8) is 0 Å². The first-order chi connectivity index (χ1) is 25.1. The molecular weight excluding hydrogens is 770 g/mol. The number of rotatable bonds is 12. The number of hydrogen-bond donors (Lipinski definition) is 2. The molecule has 0 aliphatic heterocycles. The Kier molecular flexibility index (Phi) is 19.1. The van der Waals surface area contributed by atoms with Crippen molar-refractivity contribution in [2.45, 2.75) is 77.2 Å². The molecule has 15 heteroatoms. The number of amides is 2. The molecule has 53 heavy (non-hydrogen) atoms. The molecule has 2 amide bonds. The lowest BCUT2D eigenvalue weighted by Gasteiger charge is -2.14. The average Bonchev–Trinajstić information content (AvgIpc) is 3.11. The molecule has 286 valence electrons. The van der Waals surface area contributed by atoms with E-state index in [1.54, 1.807) is 6.08 Å². The van der Waals surface area contributed by atoms with Crippen LogP contribution in [0, 0.1) is 0 Å². The summed E-state index contributed by atoms with van der Waals surface area (Å²) in [5.41, 5.74) is 0.871. The maximum atomic E-state index is 12.7. The quantitative estimate of drug-likeness (QED) is 0.0839. The third-order valence-electron chi connectivity index (χ3n) is 6.94. The topological polar surface area (TPSA) is 102 Å². The molecule has 8 nitrogen and oxygen atoms in total. The highest BCUT2D eigenvalue weighted by atomic mass is 79.9. The van der Waals surface area contributed by atoms with Gasteiger partial charge in [-0.25, -0.2) is 14.6 Å². The van der Waals surface area contributed by atoms with Gasteiger partial charge >= 0.3 is 24.5 Å². The van der Waals surface area contributed by atoms with Crippen molar-refractivity contribution in [1.82, 2.24) is 20.6 Å². The minimum atomic E-state index is -4.37. The van der Waals surface area contributed by atoms with Crippen LogP contribution in [0.5, 0.6) is 0 Å². The Bertz CT molecular complexity index is 1680. The molecular formula is C38H41BrF6N4O4. The van der Waals surface area contributed by atoms with E-state index in [-0.39, 0.29) is 23.3 Å². The summed E-state index contributed by atoms with van der Waals surface area (Å²) < 4.78 is 84.1. The summed E-state index contributed by atoms with van der Waals surface area (Å²) in [6.07, 6.45) is -3.16. The SMILES string of the molecule is C=CCC(C)NC(=O)OCc1ccccc1.C[C@@H](CCCc1cc(C(F)(F)F)ccn1)NC(=O)OCc1ccccc1.FC(F)(F)c1ccnc(Br)c1. The highest BCUT2D eigenvalue weighted by Gasteiger charge is 2.31. The molecule has 4 aromatic rings. The molecule has 0 saturated heterocycles. The number of nitrogens with one attached hydrogen (secondary N) is 2. The zero-order chi connectivity index (χ0) is 39.3. The van der Waals surface area contributed by atoms with Gasteiger partial charge in [0.25, 0.3) is 0 Å². The van der Waals surface area contributed by atoms with Crippen molar-refractivity contribution in [3.05, 3.63) is 143 Å². The van der Waals surface area contributed by atoms with Crippen LogP contribution in [-0.2, 0) is 41.5 Å². The third kappa shape index (κ3) is 19.5. The van der Waals surface area contributed by atoms with Crippen molar-refractivity contribution < 1.29 is 45.4 Å². The van der Waals surface area contributed by atoms with E-state index in [0.29, 0.717) is 31.6 Å². The van der Waals surface area contributed by atoms with Crippen LogP contribution in [0.2, 0.25) is 0 Å². The van der Waals surface area contributed by atoms with Gasteiger partial charge < -0.3 is 20.1 Å². The number of alkyl carbamates (subject to hydrolysis) is 2. The standard InChI is InChI=1S/C19H21F3N2O2.C13H17NO2.C6H3BrF3N/c1-14(24-18(25)26-13-15-7-3-2-4-8-15)6-5-9-17-12-16(10-11-23-17)19(20,21)22;1-3-7-11(2)14-13(15)16-10-12-8-5-4-6-9-12;7-5-3-4(1-2-11-5)6(8,9)10/h2-4,7-8,10-12,14H,5-6,9,13H2,1H3,(H,24,25);3-6,8-9,11H,1,7,10H2,2H3,(H,14,15);1-3H/t14-;;/m0../s1. The number of ether oxygens (including phenoxy) is 2. The summed E-state index contributed by atoms with van der Waals surface area (Å²) in [5, 5.41) is 5.43. The number of aryl methyl sites for hydroxylation is 1. The molecule has 1 unspecified atom stereocenters. The summed E-state index contributed by atoms with van der Waals surface area (Å²) in [6.45, 7) is 7.83. The lowest BCUT2D eigenvalue weighted by molar-refractivity contribution is -0.138. The van der Waals surface area contributed by atoms with E-state index in [4.69, 9.17) is 9.47 Å². The summed E-state index contributed by atoms with van der Waals surface area (Å²) in [5.74, 6) is 0. The fourth-order valence-electron chi connectivity index (χ4n) is 4.27. The number of halogens is 7. The summed E-state index contributed by atoms with van der Waals surface area (Å²) in [7, 11) is 0. The molecule has 2 heterocycles. The second-order valence-corrected chi connectivity index (χ2v) is 12.3. The molecule has 0 aliphatic rings. The zero-order valence-corrected chi connectivity index (χ0v) is 30.7. The number of aromatic nitrogens is 2. The monoisotopic (exact) mass is 810 g/mol. The first-order valence-corrected chi connectivity index (χ1v) is 17.1. The second kappa shape index (κ2) is 22.9. The molecule has 0 fully saturated rings. The summed E-state index contributed by atoms with van der Waals surface area (Å²) >= 11 is 2.84. The Morgan fingerprint density at radius 3 is 1.68 bits per heavy atom. The molecule has 2 aromatic carbocycles. The Balaban J connectivity index is 0.000000305. The molecule has 4 rings (SSSR count). The van der Waals surface area contributed by atoms with E-state index in [0.717, 1.165) is 48.0 Å².